The Balaban J connectivity index is 2.79. The summed E-state index contributed by atoms with van der Waals surface area (Å²) in [7, 11) is -3.60. The molecule has 0 radical (unpaired) electrons. The zero-order chi connectivity index (χ0) is 12.2. The number of rotatable bonds is 5. The summed E-state index contributed by atoms with van der Waals surface area (Å²) in [4.78, 5) is 10.1. The summed E-state index contributed by atoms with van der Waals surface area (Å²) < 4.78 is 23.4. The van der Waals surface area contributed by atoms with Gasteiger partial charge in [-0.15, -0.1) is 0 Å². The number of carboxylic acid groups (broad SMARTS) is 1. The average Bonchev–Trinajstić information content (AvgIpc) is 2.17. The highest BCUT2D eigenvalue weighted by Crippen LogP contribution is 2.23. The predicted molar refractivity (Wildman–Crippen MR) is 57.0 cm³/mol. The van der Waals surface area contributed by atoms with Gasteiger partial charge in [0.25, 0.3) is 0 Å². The van der Waals surface area contributed by atoms with Gasteiger partial charge in [-0.05, 0) is 18.6 Å². The van der Waals surface area contributed by atoms with Gasteiger partial charge in [0.05, 0.1) is 5.75 Å². The van der Waals surface area contributed by atoms with E-state index in [2.05, 4.69) is 0 Å². The summed E-state index contributed by atoms with van der Waals surface area (Å²) >= 11 is 0. The summed E-state index contributed by atoms with van der Waals surface area (Å²) in [6, 6.07) is 5.60. The maximum absolute atomic E-state index is 11.7. The zero-order valence-electron chi connectivity index (χ0n) is 8.46. The maximum atomic E-state index is 11.7. The fourth-order valence-corrected chi connectivity index (χ4v) is 2.66. The topological polar surface area (TPSA) is 91.7 Å². The highest BCUT2D eigenvalue weighted by Gasteiger charge is 2.18. The Hall–Kier alpha value is -1.56. The molecule has 0 aliphatic carbocycles. The van der Waals surface area contributed by atoms with Crippen molar-refractivity contribution in [1.82, 2.24) is 0 Å². The van der Waals surface area contributed by atoms with Crippen molar-refractivity contribution in [1.29, 1.82) is 0 Å². The van der Waals surface area contributed by atoms with Crippen LogP contribution in [0.1, 0.15) is 12.8 Å². The number of phenolic OH excluding ortho intramolecular Hbond substituents is 1. The number of benzene rings is 1. The number of aromatic hydroxyl groups is 1. The first-order valence-electron chi connectivity index (χ1n) is 4.66. The smallest absolute Gasteiger partial charge is 0.303 e. The van der Waals surface area contributed by atoms with Crippen LogP contribution in [-0.4, -0.2) is 30.4 Å². The summed E-state index contributed by atoms with van der Waals surface area (Å²) in [5.41, 5.74) is 0. The van der Waals surface area contributed by atoms with Crippen LogP contribution in [0.25, 0.3) is 0 Å². The Kier molecular flexibility index (Phi) is 3.89. The van der Waals surface area contributed by atoms with E-state index >= 15 is 0 Å². The average molecular weight is 244 g/mol. The Labute approximate surface area is 93.3 Å². The lowest BCUT2D eigenvalue weighted by Crippen LogP contribution is -2.08. The van der Waals surface area contributed by atoms with E-state index in [1.54, 1.807) is 0 Å². The number of para-hydroxylation sites is 1. The van der Waals surface area contributed by atoms with Crippen LogP contribution in [0.4, 0.5) is 0 Å². The van der Waals surface area contributed by atoms with Crippen molar-refractivity contribution in [2.45, 2.75) is 17.7 Å². The van der Waals surface area contributed by atoms with Crippen LogP contribution in [0.15, 0.2) is 29.2 Å². The number of hydrogen-bond donors (Lipinski definition) is 2. The van der Waals surface area contributed by atoms with Gasteiger partial charge in [0.2, 0.25) is 0 Å². The number of sulfone groups is 1. The highest BCUT2D eigenvalue weighted by atomic mass is 32.2. The molecule has 6 heteroatoms. The predicted octanol–water partition coefficient (Wildman–Crippen LogP) is 1.03. The minimum Gasteiger partial charge on any atom is -0.507 e. The molecule has 0 atom stereocenters. The third-order valence-corrected chi connectivity index (χ3v) is 3.85. The molecule has 0 fully saturated rings. The Morgan fingerprint density at radius 2 is 1.88 bits per heavy atom. The van der Waals surface area contributed by atoms with Crippen LogP contribution < -0.4 is 0 Å². The van der Waals surface area contributed by atoms with Crippen LogP contribution in [0.2, 0.25) is 0 Å². The third-order valence-electron chi connectivity index (χ3n) is 2.00. The van der Waals surface area contributed by atoms with E-state index < -0.39 is 15.8 Å². The van der Waals surface area contributed by atoms with Gasteiger partial charge < -0.3 is 10.2 Å². The van der Waals surface area contributed by atoms with Crippen molar-refractivity contribution >= 4 is 15.8 Å². The highest BCUT2D eigenvalue weighted by molar-refractivity contribution is 7.91. The normalized spacial score (nSPS) is 11.2. The molecule has 88 valence electrons. The molecule has 2 N–H and O–H groups in total. The summed E-state index contributed by atoms with van der Waals surface area (Å²) in [6.45, 7) is 0. The van der Waals surface area contributed by atoms with E-state index in [0.29, 0.717) is 0 Å². The first-order chi connectivity index (χ1) is 7.43. The van der Waals surface area contributed by atoms with Gasteiger partial charge >= 0.3 is 5.97 Å². The molecule has 1 aromatic rings. The molecule has 0 amide bonds. The van der Waals surface area contributed by atoms with Gasteiger partial charge in [0.15, 0.2) is 9.84 Å². The molecule has 5 nitrogen and oxygen atoms in total. The van der Waals surface area contributed by atoms with Crippen LogP contribution >= 0.6 is 0 Å². The SMILES string of the molecule is O=C(O)CCCS(=O)(=O)c1ccccc1O. The molecule has 1 aromatic carbocycles. The van der Waals surface area contributed by atoms with Crippen molar-refractivity contribution in [2.24, 2.45) is 0 Å². The Morgan fingerprint density at radius 3 is 2.44 bits per heavy atom. The molecule has 0 saturated carbocycles. The van der Waals surface area contributed by atoms with E-state index in [9.17, 15) is 18.3 Å². The van der Waals surface area contributed by atoms with Gasteiger partial charge in [-0.25, -0.2) is 8.42 Å². The minimum absolute atomic E-state index is 0.0337. The standard InChI is InChI=1S/C10H12O5S/c11-8-4-1-2-5-9(8)16(14,15)7-3-6-10(12)13/h1-2,4-5,11H,3,6-7H2,(H,12,13). The molecule has 0 aromatic heterocycles. The summed E-state index contributed by atoms with van der Waals surface area (Å²) in [5.74, 6) is -1.62. The van der Waals surface area contributed by atoms with Crippen LogP contribution in [0, 0.1) is 0 Å². The van der Waals surface area contributed by atoms with E-state index in [0.717, 1.165) is 0 Å². The van der Waals surface area contributed by atoms with Crippen molar-refractivity contribution in [3.05, 3.63) is 24.3 Å². The monoisotopic (exact) mass is 244 g/mol. The molecule has 0 saturated heterocycles. The lowest BCUT2D eigenvalue weighted by Gasteiger charge is -2.05. The molecular weight excluding hydrogens is 232 g/mol. The second-order valence-electron chi connectivity index (χ2n) is 3.28. The van der Waals surface area contributed by atoms with Crippen LogP contribution in [0.3, 0.4) is 0 Å². The van der Waals surface area contributed by atoms with E-state index in [-0.39, 0.29) is 29.2 Å². The summed E-state index contributed by atoms with van der Waals surface area (Å²) in [5, 5.41) is 17.8. The summed E-state index contributed by atoms with van der Waals surface area (Å²) in [6.07, 6.45) is -0.168. The first-order valence-corrected chi connectivity index (χ1v) is 6.31. The molecule has 16 heavy (non-hydrogen) atoms. The molecule has 0 unspecified atom stereocenters. The zero-order valence-corrected chi connectivity index (χ0v) is 9.27. The molecule has 0 bridgehead atoms. The first kappa shape index (κ1) is 12.5. The lowest BCUT2D eigenvalue weighted by atomic mass is 10.3. The molecule has 0 aliphatic rings. The van der Waals surface area contributed by atoms with Gasteiger partial charge in [0, 0.05) is 6.42 Å². The molecule has 0 heterocycles. The van der Waals surface area contributed by atoms with E-state index in [4.69, 9.17) is 5.11 Å². The quantitative estimate of drug-likeness (QED) is 0.807. The fraction of sp³-hybridized carbons (Fsp3) is 0.300. The van der Waals surface area contributed by atoms with Gasteiger partial charge in [-0.1, -0.05) is 12.1 Å². The lowest BCUT2D eigenvalue weighted by molar-refractivity contribution is -0.137. The maximum Gasteiger partial charge on any atom is 0.303 e. The molecular formula is C10H12O5S. The van der Waals surface area contributed by atoms with Gasteiger partial charge in [-0.2, -0.15) is 0 Å². The van der Waals surface area contributed by atoms with Crippen LogP contribution in [-0.2, 0) is 14.6 Å². The Bertz CT molecular complexity index is 478. The number of carboxylic acids is 1. The minimum atomic E-state index is -3.60. The Morgan fingerprint density at radius 1 is 1.25 bits per heavy atom. The molecule has 0 spiro atoms. The largest absolute Gasteiger partial charge is 0.507 e. The van der Waals surface area contributed by atoms with E-state index in [1.165, 1.54) is 24.3 Å². The number of aliphatic carboxylic acids is 1. The second-order valence-corrected chi connectivity index (χ2v) is 5.36. The van der Waals surface area contributed by atoms with Gasteiger partial charge in [0.1, 0.15) is 10.6 Å². The number of hydrogen-bond acceptors (Lipinski definition) is 4. The van der Waals surface area contributed by atoms with Crippen LogP contribution in [0.5, 0.6) is 5.75 Å². The van der Waals surface area contributed by atoms with Gasteiger partial charge in [-0.3, -0.25) is 4.79 Å². The van der Waals surface area contributed by atoms with Crippen molar-refractivity contribution in [3.63, 3.8) is 0 Å². The van der Waals surface area contributed by atoms with Crippen molar-refractivity contribution in [3.8, 4) is 5.75 Å². The fourth-order valence-electron chi connectivity index (χ4n) is 1.24. The number of carbonyl (C=O) groups is 1. The van der Waals surface area contributed by atoms with Crippen molar-refractivity contribution < 1.29 is 23.4 Å². The second kappa shape index (κ2) is 4.98. The number of phenols is 1. The molecule has 0 aliphatic heterocycles. The molecule has 1 rings (SSSR count). The van der Waals surface area contributed by atoms with E-state index in [1.807, 2.05) is 0 Å². The van der Waals surface area contributed by atoms with Crippen molar-refractivity contribution in [2.75, 3.05) is 5.75 Å². The third kappa shape index (κ3) is 3.23.